The van der Waals surface area contributed by atoms with Gasteiger partial charge < -0.3 is 15.1 Å². The Bertz CT molecular complexity index is 378. The summed E-state index contributed by atoms with van der Waals surface area (Å²) in [7, 11) is 0. The second-order valence-electron chi connectivity index (χ2n) is 4.93. The van der Waals surface area contributed by atoms with Crippen LogP contribution in [0.25, 0.3) is 0 Å². The van der Waals surface area contributed by atoms with Crippen molar-refractivity contribution in [1.29, 1.82) is 0 Å². The average molecular weight is 314 g/mol. The maximum absolute atomic E-state index is 10.1. The number of aliphatic hydroxyl groups is 2. The quantitative estimate of drug-likeness (QED) is 0.896. The lowest BCUT2D eigenvalue weighted by atomic mass is 10.0. The molecule has 1 aliphatic rings. The molecule has 2 rings (SSSR count). The minimum atomic E-state index is -0.408. The number of piperidine rings is 1. The maximum atomic E-state index is 10.1. The molecule has 1 atom stereocenters. The van der Waals surface area contributed by atoms with Gasteiger partial charge in [-0.05, 0) is 37.0 Å². The minimum absolute atomic E-state index is 0.128. The van der Waals surface area contributed by atoms with E-state index in [-0.39, 0.29) is 6.10 Å². The first kappa shape index (κ1) is 14.0. The van der Waals surface area contributed by atoms with Crippen LogP contribution in [0.2, 0.25) is 0 Å². The van der Waals surface area contributed by atoms with Crippen molar-refractivity contribution in [1.82, 2.24) is 4.90 Å². The summed E-state index contributed by atoms with van der Waals surface area (Å²) in [5, 5.41) is 19.6. The summed E-state index contributed by atoms with van der Waals surface area (Å²) in [5.41, 5.74) is 0.960. The first-order chi connectivity index (χ1) is 8.65. The Balaban J connectivity index is 1.79. The minimum Gasteiger partial charge on any atom is -0.393 e. The fraction of sp³-hybridized carbons (Fsp3) is 0.571. The van der Waals surface area contributed by atoms with Gasteiger partial charge >= 0.3 is 0 Å². The molecule has 0 amide bonds. The fourth-order valence-corrected chi connectivity index (χ4v) is 2.75. The van der Waals surface area contributed by atoms with Gasteiger partial charge in [0, 0.05) is 24.1 Å². The van der Waals surface area contributed by atoms with E-state index in [2.05, 4.69) is 20.8 Å². The van der Waals surface area contributed by atoms with Crippen LogP contribution in [-0.4, -0.2) is 40.9 Å². The number of likely N-dealkylation sites (tertiary alicyclic amines) is 1. The lowest BCUT2D eigenvalue weighted by molar-refractivity contribution is 0.0711. The smallest absolute Gasteiger partial charge is 0.0802 e. The van der Waals surface area contributed by atoms with E-state index in [0.29, 0.717) is 0 Å². The summed E-state index contributed by atoms with van der Waals surface area (Å²) >= 11 is 3.42. The first-order valence-electron chi connectivity index (χ1n) is 6.49. The van der Waals surface area contributed by atoms with Crippen molar-refractivity contribution in [2.75, 3.05) is 19.6 Å². The number of hydrogen-bond donors (Lipinski definition) is 2. The highest BCUT2D eigenvalue weighted by atomic mass is 79.9. The van der Waals surface area contributed by atoms with Gasteiger partial charge in [-0.25, -0.2) is 0 Å². The molecule has 1 heterocycles. The zero-order valence-electron chi connectivity index (χ0n) is 10.4. The van der Waals surface area contributed by atoms with Crippen molar-refractivity contribution >= 4 is 15.9 Å². The molecule has 0 spiro atoms. The molecule has 0 aliphatic carbocycles. The Labute approximate surface area is 117 Å². The summed E-state index contributed by atoms with van der Waals surface area (Å²) < 4.78 is 1.00. The van der Waals surface area contributed by atoms with Crippen LogP contribution in [-0.2, 0) is 0 Å². The Morgan fingerprint density at radius 2 is 2.06 bits per heavy atom. The van der Waals surface area contributed by atoms with Crippen LogP contribution in [0.15, 0.2) is 28.7 Å². The highest BCUT2D eigenvalue weighted by Crippen LogP contribution is 2.21. The van der Waals surface area contributed by atoms with Crippen LogP contribution >= 0.6 is 15.9 Å². The molecule has 1 aromatic rings. The van der Waals surface area contributed by atoms with E-state index < -0.39 is 6.10 Å². The molecule has 1 saturated heterocycles. The van der Waals surface area contributed by atoms with Gasteiger partial charge in [0.15, 0.2) is 0 Å². The predicted octanol–water partition coefficient (Wildman–Crippen LogP) is 2.33. The summed E-state index contributed by atoms with van der Waals surface area (Å²) in [6, 6.07) is 7.82. The van der Waals surface area contributed by atoms with Gasteiger partial charge in [0.1, 0.15) is 0 Å². The largest absolute Gasteiger partial charge is 0.393 e. The first-order valence-corrected chi connectivity index (χ1v) is 7.28. The van der Waals surface area contributed by atoms with Crippen molar-refractivity contribution in [3.05, 3.63) is 34.3 Å². The molecule has 1 fully saturated rings. The van der Waals surface area contributed by atoms with Crippen molar-refractivity contribution < 1.29 is 10.2 Å². The topological polar surface area (TPSA) is 43.7 Å². The van der Waals surface area contributed by atoms with E-state index in [1.165, 1.54) is 0 Å². The molecule has 0 saturated carbocycles. The number of aliphatic hydroxyl groups excluding tert-OH is 2. The highest BCUT2D eigenvalue weighted by molar-refractivity contribution is 9.10. The second kappa shape index (κ2) is 6.66. The van der Waals surface area contributed by atoms with Gasteiger partial charge in [0.2, 0.25) is 0 Å². The van der Waals surface area contributed by atoms with Gasteiger partial charge in [0.05, 0.1) is 12.2 Å². The molecule has 1 unspecified atom stereocenters. The van der Waals surface area contributed by atoms with E-state index in [1.807, 2.05) is 24.3 Å². The number of benzene rings is 1. The third-order valence-electron chi connectivity index (χ3n) is 3.51. The van der Waals surface area contributed by atoms with E-state index in [0.717, 1.165) is 48.9 Å². The Morgan fingerprint density at radius 1 is 1.33 bits per heavy atom. The normalized spacial score (nSPS) is 19.9. The van der Waals surface area contributed by atoms with Gasteiger partial charge in [-0.2, -0.15) is 0 Å². The van der Waals surface area contributed by atoms with Crippen LogP contribution in [0.3, 0.4) is 0 Å². The number of nitrogens with zero attached hydrogens (tertiary/aromatic N) is 1. The zero-order chi connectivity index (χ0) is 13.0. The molecule has 1 aliphatic heterocycles. The van der Waals surface area contributed by atoms with Crippen LogP contribution in [0.4, 0.5) is 0 Å². The summed E-state index contributed by atoms with van der Waals surface area (Å²) in [6.07, 6.45) is 1.91. The van der Waals surface area contributed by atoms with Gasteiger partial charge in [-0.3, -0.25) is 0 Å². The van der Waals surface area contributed by atoms with E-state index in [9.17, 15) is 10.2 Å². The number of halogens is 1. The molecule has 4 heteroatoms. The summed E-state index contributed by atoms with van der Waals surface area (Å²) in [6.45, 7) is 2.76. The van der Waals surface area contributed by atoms with Crippen LogP contribution in [0.5, 0.6) is 0 Å². The van der Waals surface area contributed by atoms with Gasteiger partial charge in [0.25, 0.3) is 0 Å². The molecule has 2 N–H and O–H groups in total. The summed E-state index contributed by atoms with van der Waals surface area (Å²) in [5.74, 6) is 0. The molecule has 0 bridgehead atoms. The van der Waals surface area contributed by atoms with E-state index in [1.54, 1.807) is 0 Å². The highest BCUT2D eigenvalue weighted by Gasteiger charge is 2.17. The Morgan fingerprint density at radius 3 is 2.72 bits per heavy atom. The van der Waals surface area contributed by atoms with Crippen molar-refractivity contribution in [2.24, 2.45) is 0 Å². The second-order valence-corrected chi connectivity index (χ2v) is 5.85. The summed E-state index contributed by atoms with van der Waals surface area (Å²) in [4.78, 5) is 2.31. The van der Waals surface area contributed by atoms with Crippen molar-refractivity contribution in [2.45, 2.75) is 31.5 Å². The van der Waals surface area contributed by atoms with Crippen molar-refractivity contribution in [3.8, 4) is 0 Å². The lowest BCUT2D eigenvalue weighted by Gasteiger charge is -2.30. The maximum Gasteiger partial charge on any atom is 0.0802 e. The van der Waals surface area contributed by atoms with Gasteiger partial charge in [-0.1, -0.05) is 28.1 Å². The SMILES string of the molecule is OC1CCN(CCC(O)c2cccc(Br)c2)CC1. The molecule has 1 aromatic carbocycles. The molecular weight excluding hydrogens is 294 g/mol. The average Bonchev–Trinajstić information content (AvgIpc) is 2.38. The standard InChI is InChI=1S/C14H20BrNO2/c15-12-3-1-2-11(10-12)14(18)6-9-16-7-4-13(17)5-8-16/h1-3,10,13-14,17-18H,4-9H2. The molecular formula is C14H20BrNO2. The van der Waals surface area contributed by atoms with E-state index >= 15 is 0 Å². The predicted molar refractivity (Wildman–Crippen MR) is 75.4 cm³/mol. The third-order valence-corrected chi connectivity index (χ3v) is 4.00. The number of hydrogen-bond acceptors (Lipinski definition) is 3. The Hall–Kier alpha value is -0.420. The van der Waals surface area contributed by atoms with E-state index in [4.69, 9.17) is 0 Å². The third kappa shape index (κ3) is 4.05. The van der Waals surface area contributed by atoms with Crippen molar-refractivity contribution in [3.63, 3.8) is 0 Å². The van der Waals surface area contributed by atoms with Crippen LogP contribution < -0.4 is 0 Å². The monoisotopic (exact) mass is 313 g/mol. The molecule has 3 nitrogen and oxygen atoms in total. The zero-order valence-corrected chi connectivity index (χ0v) is 12.0. The molecule has 0 radical (unpaired) electrons. The fourth-order valence-electron chi connectivity index (χ4n) is 2.33. The molecule has 18 heavy (non-hydrogen) atoms. The Kier molecular flexibility index (Phi) is 5.18. The van der Waals surface area contributed by atoms with Crippen LogP contribution in [0.1, 0.15) is 30.9 Å². The van der Waals surface area contributed by atoms with Crippen LogP contribution in [0, 0.1) is 0 Å². The lowest BCUT2D eigenvalue weighted by Crippen LogP contribution is -2.36. The van der Waals surface area contributed by atoms with Gasteiger partial charge in [-0.15, -0.1) is 0 Å². The molecule has 0 aromatic heterocycles. The molecule has 100 valence electrons. The number of rotatable bonds is 4.